The van der Waals surface area contributed by atoms with Crippen LogP contribution in [-0.2, 0) is 9.59 Å². The molecule has 1 saturated heterocycles. The van der Waals surface area contributed by atoms with Crippen molar-refractivity contribution in [1.29, 1.82) is 0 Å². The summed E-state index contributed by atoms with van der Waals surface area (Å²) in [7, 11) is 0. The summed E-state index contributed by atoms with van der Waals surface area (Å²) in [6, 6.07) is -0.216. The van der Waals surface area contributed by atoms with Crippen LogP contribution >= 0.6 is 0 Å². The van der Waals surface area contributed by atoms with Crippen LogP contribution in [0.3, 0.4) is 0 Å². The summed E-state index contributed by atoms with van der Waals surface area (Å²) in [6.07, 6.45) is 9.82. The zero-order chi connectivity index (χ0) is 14.1. The van der Waals surface area contributed by atoms with E-state index in [2.05, 4.69) is 12.2 Å². The molecule has 1 atom stereocenters. The van der Waals surface area contributed by atoms with Crippen molar-refractivity contribution in [2.75, 3.05) is 13.1 Å². The van der Waals surface area contributed by atoms with Crippen molar-refractivity contribution in [1.82, 2.24) is 10.2 Å². The lowest BCUT2D eigenvalue weighted by Gasteiger charge is -2.29. The van der Waals surface area contributed by atoms with Crippen molar-refractivity contribution in [3.8, 4) is 0 Å². The Bertz CT molecular complexity index is 292. The lowest BCUT2D eigenvalue weighted by atomic mass is 10.1. The summed E-state index contributed by atoms with van der Waals surface area (Å²) in [5.41, 5.74) is 0. The Morgan fingerprint density at radius 3 is 2.26 bits per heavy atom. The van der Waals surface area contributed by atoms with Crippen LogP contribution in [0.2, 0.25) is 0 Å². The van der Waals surface area contributed by atoms with Crippen molar-refractivity contribution in [3.05, 3.63) is 0 Å². The lowest BCUT2D eigenvalue weighted by molar-refractivity contribution is -0.148. The Labute approximate surface area is 116 Å². The summed E-state index contributed by atoms with van der Waals surface area (Å²) in [5.74, 6) is -0.148. The predicted octanol–water partition coefficient (Wildman–Crippen LogP) is 2.47. The summed E-state index contributed by atoms with van der Waals surface area (Å²) in [5, 5.41) is 2.90. The van der Waals surface area contributed by atoms with Gasteiger partial charge in [-0.15, -0.1) is 0 Å². The number of imide groups is 1. The van der Waals surface area contributed by atoms with Crippen LogP contribution in [0.1, 0.15) is 65.2 Å². The van der Waals surface area contributed by atoms with Crippen LogP contribution < -0.4 is 5.32 Å². The summed E-state index contributed by atoms with van der Waals surface area (Å²) >= 11 is 0. The molecular weight excluding hydrogens is 240 g/mol. The highest BCUT2D eigenvalue weighted by atomic mass is 16.2. The number of hydrogen-bond donors (Lipinski definition) is 1. The average Bonchev–Trinajstić information content (AvgIpc) is 2.40. The monoisotopic (exact) mass is 268 g/mol. The first-order chi connectivity index (χ1) is 9.16. The minimum Gasteiger partial charge on any atom is -0.298 e. The molecular formula is C15H28N2O2. The van der Waals surface area contributed by atoms with E-state index in [9.17, 15) is 9.59 Å². The van der Waals surface area contributed by atoms with Crippen LogP contribution in [0.15, 0.2) is 0 Å². The maximum absolute atomic E-state index is 11.8. The maximum atomic E-state index is 11.8. The van der Waals surface area contributed by atoms with Gasteiger partial charge in [-0.05, 0) is 13.3 Å². The molecule has 2 amide bonds. The number of amides is 2. The third-order valence-corrected chi connectivity index (χ3v) is 3.73. The van der Waals surface area contributed by atoms with Crippen molar-refractivity contribution in [2.24, 2.45) is 0 Å². The van der Waals surface area contributed by atoms with Crippen LogP contribution in [0.25, 0.3) is 0 Å². The maximum Gasteiger partial charge on any atom is 0.246 e. The van der Waals surface area contributed by atoms with Crippen molar-refractivity contribution in [3.63, 3.8) is 0 Å². The van der Waals surface area contributed by atoms with Gasteiger partial charge in [0.2, 0.25) is 11.8 Å². The molecule has 0 aromatic carbocycles. The predicted molar refractivity (Wildman–Crippen MR) is 76.8 cm³/mol. The molecule has 0 radical (unpaired) electrons. The normalized spacial score (nSPS) is 20.1. The molecule has 0 aliphatic carbocycles. The lowest BCUT2D eigenvalue weighted by Crippen LogP contribution is -2.57. The summed E-state index contributed by atoms with van der Waals surface area (Å²) < 4.78 is 0. The van der Waals surface area contributed by atoms with Crippen LogP contribution in [0.4, 0.5) is 0 Å². The van der Waals surface area contributed by atoms with Crippen molar-refractivity contribution in [2.45, 2.75) is 71.3 Å². The highest BCUT2D eigenvalue weighted by molar-refractivity contribution is 6.00. The minimum atomic E-state index is -0.216. The van der Waals surface area contributed by atoms with E-state index in [1.807, 2.05) is 6.92 Å². The second-order valence-electron chi connectivity index (χ2n) is 5.46. The topological polar surface area (TPSA) is 49.4 Å². The third kappa shape index (κ3) is 5.72. The Morgan fingerprint density at radius 1 is 1.05 bits per heavy atom. The first-order valence-corrected chi connectivity index (χ1v) is 7.74. The largest absolute Gasteiger partial charge is 0.298 e. The molecule has 4 heteroatoms. The molecule has 1 aliphatic rings. The zero-order valence-corrected chi connectivity index (χ0v) is 12.4. The molecule has 19 heavy (non-hydrogen) atoms. The molecule has 0 bridgehead atoms. The van der Waals surface area contributed by atoms with Gasteiger partial charge in [0.15, 0.2) is 0 Å². The van der Waals surface area contributed by atoms with Crippen LogP contribution in [-0.4, -0.2) is 35.8 Å². The molecule has 0 aromatic heterocycles. The van der Waals surface area contributed by atoms with E-state index >= 15 is 0 Å². The number of piperazine rings is 1. The number of hydrogen-bond acceptors (Lipinski definition) is 3. The van der Waals surface area contributed by atoms with Gasteiger partial charge in [0, 0.05) is 6.54 Å². The molecule has 1 aliphatic heterocycles. The quantitative estimate of drug-likeness (QED) is 0.516. The number of nitrogens with zero attached hydrogens (tertiary/aromatic N) is 1. The highest BCUT2D eigenvalue weighted by Gasteiger charge is 2.30. The molecule has 1 N–H and O–H groups in total. The number of rotatable bonds is 9. The van der Waals surface area contributed by atoms with Crippen LogP contribution in [0, 0.1) is 0 Å². The Kier molecular flexibility index (Phi) is 7.72. The van der Waals surface area contributed by atoms with E-state index in [0.29, 0.717) is 13.1 Å². The Balaban J connectivity index is 2.08. The van der Waals surface area contributed by atoms with E-state index in [1.165, 1.54) is 43.4 Å². The molecule has 0 spiro atoms. The van der Waals surface area contributed by atoms with Gasteiger partial charge in [-0.1, -0.05) is 51.9 Å². The van der Waals surface area contributed by atoms with Gasteiger partial charge in [-0.3, -0.25) is 19.8 Å². The first kappa shape index (κ1) is 16.2. The van der Waals surface area contributed by atoms with Gasteiger partial charge in [0.25, 0.3) is 0 Å². The molecule has 0 aromatic rings. The van der Waals surface area contributed by atoms with Gasteiger partial charge < -0.3 is 0 Å². The molecule has 1 fully saturated rings. The van der Waals surface area contributed by atoms with E-state index in [0.717, 1.165) is 12.8 Å². The average molecular weight is 268 g/mol. The Hall–Kier alpha value is -0.900. The fourth-order valence-corrected chi connectivity index (χ4v) is 2.42. The van der Waals surface area contributed by atoms with E-state index in [1.54, 1.807) is 0 Å². The van der Waals surface area contributed by atoms with Crippen molar-refractivity contribution < 1.29 is 9.59 Å². The summed E-state index contributed by atoms with van der Waals surface area (Å²) in [4.78, 5) is 24.9. The minimum absolute atomic E-state index is 0.0702. The second-order valence-corrected chi connectivity index (χ2v) is 5.46. The standard InChI is InChI=1S/C15H28N2O2/c1-3-4-5-6-7-8-9-10-11-17-14(18)12-16-13(2)15(17)19/h13,16H,3-12H2,1-2H3. The number of carbonyl (C=O) groups is 2. The molecule has 1 unspecified atom stereocenters. The van der Waals surface area contributed by atoms with E-state index < -0.39 is 0 Å². The molecule has 1 heterocycles. The van der Waals surface area contributed by atoms with Gasteiger partial charge in [0.05, 0.1) is 12.6 Å². The van der Waals surface area contributed by atoms with Gasteiger partial charge in [-0.25, -0.2) is 0 Å². The molecule has 4 nitrogen and oxygen atoms in total. The Morgan fingerprint density at radius 2 is 1.63 bits per heavy atom. The number of nitrogens with one attached hydrogen (secondary N) is 1. The fourth-order valence-electron chi connectivity index (χ4n) is 2.42. The molecule has 0 saturated carbocycles. The number of carbonyl (C=O) groups excluding carboxylic acids is 2. The zero-order valence-electron chi connectivity index (χ0n) is 12.4. The van der Waals surface area contributed by atoms with Gasteiger partial charge in [-0.2, -0.15) is 0 Å². The molecule has 110 valence electrons. The fraction of sp³-hybridized carbons (Fsp3) is 0.867. The smallest absolute Gasteiger partial charge is 0.246 e. The third-order valence-electron chi connectivity index (χ3n) is 3.73. The van der Waals surface area contributed by atoms with Gasteiger partial charge >= 0.3 is 0 Å². The van der Waals surface area contributed by atoms with E-state index in [4.69, 9.17) is 0 Å². The highest BCUT2D eigenvalue weighted by Crippen LogP contribution is 2.10. The number of unbranched alkanes of at least 4 members (excludes halogenated alkanes) is 7. The van der Waals surface area contributed by atoms with Gasteiger partial charge in [0.1, 0.15) is 0 Å². The van der Waals surface area contributed by atoms with Crippen LogP contribution in [0.5, 0.6) is 0 Å². The summed E-state index contributed by atoms with van der Waals surface area (Å²) in [6.45, 7) is 4.93. The SMILES string of the molecule is CCCCCCCCCCN1C(=O)CNC(C)C1=O. The molecule has 1 rings (SSSR count). The first-order valence-electron chi connectivity index (χ1n) is 7.74. The van der Waals surface area contributed by atoms with Crippen molar-refractivity contribution >= 4 is 11.8 Å². The van der Waals surface area contributed by atoms with E-state index in [-0.39, 0.29) is 17.9 Å². The second kappa shape index (κ2) is 9.08.